The number of aromatic nitrogens is 5. The Morgan fingerprint density at radius 3 is 2.26 bits per heavy atom. The van der Waals surface area contributed by atoms with E-state index in [2.05, 4.69) is 21.6 Å². The molecule has 0 atom stereocenters. The topological polar surface area (TPSA) is 94.6 Å². The van der Waals surface area contributed by atoms with Crippen molar-refractivity contribution in [1.29, 1.82) is 0 Å². The Labute approximate surface area is 200 Å². The molecule has 174 valence electrons. The number of hydrogen-bond donors (Lipinski definition) is 0. The van der Waals surface area contributed by atoms with Gasteiger partial charge in [0.15, 0.2) is 17.1 Å². The molecule has 3 aromatic heterocycles. The van der Waals surface area contributed by atoms with Gasteiger partial charge in [-0.1, -0.05) is 12.1 Å². The normalized spacial score (nSPS) is 13.3. The summed E-state index contributed by atoms with van der Waals surface area (Å²) >= 11 is 0. The average Bonchev–Trinajstić information content (AvgIpc) is 3.49. The molecule has 0 unspecified atom stereocenters. The van der Waals surface area contributed by atoms with E-state index >= 15 is 0 Å². The highest BCUT2D eigenvalue weighted by Crippen LogP contribution is 2.30. The van der Waals surface area contributed by atoms with E-state index in [1.54, 1.807) is 42.2 Å². The zero-order valence-corrected chi connectivity index (χ0v) is 19.5. The lowest BCUT2D eigenvalue weighted by atomic mass is 10.1. The number of benzene rings is 2. The third-order valence-electron chi connectivity index (χ3n) is 6.64. The molecular weight excluding hydrogens is 444 g/mol. The van der Waals surface area contributed by atoms with Crippen LogP contribution in [0.15, 0.2) is 54.9 Å². The van der Waals surface area contributed by atoms with E-state index in [0.29, 0.717) is 29.0 Å². The van der Waals surface area contributed by atoms with Gasteiger partial charge in [0.1, 0.15) is 12.1 Å². The second kappa shape index (κ2) is 7.76. The van der Waals surface area contributed by atoms with E-state index in [1.807, 2.05) is 31.2 Å². The molecule has 1 aliphatic heterocycles. The molecule has 9 heteroatoms. The van der Waals surface area contributed by atoms with E-state index in [0.717, 1.165) is 33.7 Å². The Balaban J connectivity index is 1.35. The Hall–Kier alpha value is -4.53. The van der Waals surface area contributed by atoms with Crippen LogP contribution in [0.3, 0.4) is 0 Å². The molecule has 2 amide bonds. The van der Waals surface area contributed by atoms with Crippen molar-refractivity contribution in [3.8, 4) is 11.4 Å². The molecule has 0 aliphatic carbocycles. The Kier molecular flexibility index (Phi) is 4.67. The third-order valence-corrected chi connectivity index (χ3v) is 6.64. The zero-order valence-electron chi connectivity index (χ0n) is 19.5. The molecule has 6 rings (SSSR count). The van der Waals surface area contributed by atoms with Gasteiger partial charge in [-0.05, 0) is 55.8 Å². The molecule has 4 heterocycles. The number of hydrogen-bond acceptors (Lipinski definition) is 6. The average molecular weight is 467 g/mol. The number of aryl methyl sites for hydroxylation is 1. The minimum atomic E-state index is -0.276. The molecule has 1 aliphatic rings. The standard InChI is InChI=1S/C26H22N6O3/c1-15-16(2)32(17-8-10-18(35-3)11-9-17)23-22(15)24-28-21(29-31(24)14-27-23)12-13-30-25(33)19-6-4-5-7-20(19)26(30)34/h4-11,14H,12-13H2,1-3H3. The summed E-state index contributed by atoms with van der Waals surface area (Å²) in [6.45, 7) is 4.31. The molecule has 0 spiro atoms. The highest BCUT2D eigenvalue weighted by Gasteiger charge is 2.34. The molecule has 0 saturated heterocycles. The fourth-order valence-electron chi connectivity index (χ4n) is 4.71. The second-order valence-electron chi connectivity index (χ2n) is 8.54. The van der Waals surface area contributed by atoms with Crippen LogP contribution in [-0.4, -0.2) is 54.5 Å². The van der Waals surface area contributed by atoms with Crippen molar-refractivity contribution >= 4 is 28.5 Å². The molecule has 0 fully saturated rings. The van der Waals surface area contributed by atoms with Crippen LogP contribution >= 0.6 is 0 Å². The molecule has 9 nitrogen and oxygen atoms in total. The number of methoxy groups -OCH3 is 1. The Morgan fingerprint density at radius 1 is 0.914 bits per heavy atom. The minimum absolute atomic E-state index is 0.213. The first kappa shape index (κ1) is 21.0. The summed E-state index contributed by atoms with van der Waals surface area (Å²) in [5, 5.41) is 5.48. The van der Waals surface area contributed by atoms with Gasteiger partial charge in [-0.2, -0.15) is 0 Å². The number of ether oxygens (including phenoxy) is 1. The molecule has 0 radical (unpaired) electrons. The van der Waals surface area contributed by atoms with Crippen molar-refractivity contribution in [3.63, 3.8) is 0 Å². The van der Waals surface area contributed by atoms with Crippen LogP contribution < -0.4 is 4.74 Å². The maximum Gasteiger partial charge on any atom is 0.261 e. The molecule has 35 heavy (non-hydrogen) atoms. The molecule has 0 saturated carbocycles. The maximum absolute atomic E-state index is 12.7. The lowest BCUT2D eigenvalue weighted by Crippen LogP contribution is -2.31. The van der Waals surface area contributed by atoms with Crippen molar-refractivity contribution in [3.05, 3.63) is 83.1 Å². The predicted molar refractivity (Wildman–Crippen MR) is 129 cm³/mol. The van der Waals surface area contributed by atoms with Crippen LogP contribution in [0.25, 0.3) is 22.4 Å². The van der Waals surface area contributed by atoms with Crippen LogP contribution in [0.1, 0.15) is 37.8 Å². The van der Waals surface area contributed by atoms with Gasteiger partial charge >= 0.3 is 0 Å². The Morgan fingerprint density at radius 2 is 1.60 bits per heavy atom. The summed E-state index contributed by atoms with van der Waals surface area (Å²) in [5.74, 6) is 0.781. The summed E-state index contributed by atoms with van der Waals surface area (Å²) in [7, 11) is 1.64. The molecule has 2 aromatic carbocycles. The maximum atomic E-state index is 12.7. The highest BCUT2D eigenvalue weighted by molar-refractivity contribution is 6.21. The van der Waals surface area contributed by atoms with Crippen molar-refractivity contribution in [2.75, 3.05) is 13.7 Å². The van der Waals surface area contributed by atoms with Gasteiger partial charge in [0, 0.05) is 24.3 Å². The largest absolute Gasteiger partial charge is 0.497 e. The van der Waals surface area contributed by atoms with E-state index in [1.165, 1.54) is 4.90 Å². The second-order valence-corrected chi connectivity index (χ2v) is 8.54. The van der Waals surface area contributed by atoms with Crippen molar-refractivity contribution < 1.29 is 14.3 Å². The van der Waals surface area contributed by atoms with Gasteiger partial charge in [-0.3, -0.25) is 19.1 Å². The van der Waals surface area contributed by atoms with Gasteiger partial charge in [0.05, 0.1) is 23.6 Å². The fourth-order valence-corrected chi connectivity index (χ4v) is 4.71. The van der Waals surface area contributed by atoms with Crippen LogP contribution in [0.2, 0.25) is 0 Å². The van der Waals surface area contributed by atoms with Crippen LogP contribution in [-0.2, 0) is 6.42 Å². The highest BCUT2D eigenvalue weighted by atomic mass is 16.5. The molecular formula is C26H22N6O3. The van der Waals surface area contributed by atoms with Gasteiger partial charge in [0.25, 0.3) is 11.8 Å². The van der Waals surface area contributed by atoms with Crippen molar-refractivity contribution in [2.45, 2.75) is 20.3 Å². The summed E-state index contributed by atoms with van der Waals surface area (Å²) in [6.07, 6.45) is 2.00. The molecule has 0 N–H and O–H groups in total. The summed E-state index contributed by atoms with van der Waals surface area (Å²) < 4.78 is 9.04. The lowest BCUT2D eigenvalue weighted by molar-refractivity contribution is 0.0655. The summed E-state index contributed by atoms with van der Waals surface area (Å²) in [5.41, 5.74) is 5.46. The van der Waals surface area contributed by atoms with E-state index in [4.69, 9.17) is 9.72 Å². The smallest absolute Gasteiger partial charge is 0.261 e. The molecule has 0 bridgehead atoms. The number of rotatable bonds is 5. The number of nitrogens with zero attached hydrogens (tertiary/aromatic N) is 6. The van der Waals surface area contributed by atoms with Gasteiger partial charge in [-0.15, -0.1) is 5.10 Å². The first-order chi connectivity index (χ1) is 17.0. The van der Waals surface area contributed by atoms with Crippen LogP contribution in [0, 0.1) is 13.8 Å². The number of carbonyl (C=O) groups is 2. The quantitative estimate of drug-likeness (QED) is 0.368. The lowest BCUT2D eigenvalue weighted by Gasteiger charge is -2.11. The van der Waals surface area contributed by atoms with Gasteiger partial charge in [-0.25, -0.2) is 14.5 Å². The fraction of sp³-hybridized carbons (Fsp3) is 0.192. The van der Waals surface area contributed by atoms with Crippen LogP contribution in [0.4, 0.5) is 0 Å². The summed E-state index contributed by atoms with van der Waals surface area (Å²) in [6, 6.07) is 14.7. The Bertz CT molecular complexity index is 1610. The van der Waals surface area contributed by atoms with E-state index in [9.17, 15) is 9.59 Å². The SMILES string of the molecule is COc1ccc(-n2c(C)c(C)c3c2ncn2nc(CCN4C(=O)c5ccccc5C4=O)nc32)cc1. The zero-order chi connectivity index (χ0) is 24.3. The predicted octanol–water partition coefficient (Wildman–Crippen LogP) is 3.53. The first-order valence-electron chi connectivity index (χ1n) is 11.3. The van der Waals surface area contributed by atoms with Crippen molar-refractivity contribution in [1.82, 2.24) is 29.0 Å². The van der Waals surface area contributed by atoms with E-state index in [-0.39, 0.29) is 18.4 Å². The minimum Gasteiger partial charge on any atom is -0.497 e. The van der Waals surface area contributed by atoms with E-state index < -0.39 is 0 Å². The third kappa shape index (κ3) is 3.12. The number of fused-ring (bicyclic) bond motifs is 4. The van der Waals surface area contributed by atoms with Crippen molar-refractivity contribution in [2.24, 2.45) is 0 Å². The monoisotopic (exact) mass is 466 g/mol. The molecule has 5 aromatic rings. The first-order valence-corrected chi connectivity index (χ1v) is 11.3. The van der Waals surface area contributed by atoms with Gasteiger partial charge < -0.3 is 4.74 Å². The number of imide groups is 1. The van der Waals surface area contributed by atoms with Crippen LogP contribution in [0.5, 0.6) is 5.75 Å². The number of amides is 2. The summed E-state index contributed by atoms with van der Waals surface area (Å²) in [4.78, 5) is 36.1. The van der Waals surface area contributed by atoms with Gasteiger partial charge in [0.2, 0.25) is 0 Å². The number of carbonyl (C=O) groups excluding carboxylic acids is 2.